The Balaban J connectivity index is 2.41. The highest BCUT2D eigenvalue weighted by Gasteiger charge is 2.15. The lowest BCUT2D eigenvalue weighted by atomic mass is 10.0. The number of aromatic nitrogens is 2. The van der Waals surface area contributed by atoms with E-state index < -0.39 is 11.9 Å². The van der Waals surface area contributed by atoms with Crippen LogP contribution >= 0.6 is 15.9 Å². The molecule has 2 rings (SSSR count). The van der Waals surface area contributed by atoms with E-state index in [9.17, 15) is 9.50 Å². The minimum Gasteiger partial charge on any atom is -0.383 e. The van der Waals surface area contributed by atoms with Gasteiger partial charge in [-0.3, -0.25) is 5.10 Å². The largest absolute Gasteiger partial charge is 0.383 e. The van der Waals surface area contributed by atoms with E-state index in [4.69, 9.17) is 0 Å². The number of halogens is 2. The van der Waals surface area contributed by atoms with Gasteiger partial charge in [-0.15, -0.1) is 0 Å². The fraction of sp³-hybridized carbons (Fsp3) is 0.100. The van der Waals surface area contributed by atoms with Crippen molar-refractivity contribution in [1.29, 1.82) is 0 Å². The summed E-state index contributed by atoms with van der Waals surface area (Å²) < 4.78 is 14.1. The van der Waals surface area contributed by atoms with Crippen molar-refractivity contribution < 1.29 is 9.50 Å². The average Bonchev–Trinajstić information content (AvgIpc) is 2.74. The fourth-order valence-corrected chi connectivity index (χ4v) is 1.69. The Kier molecular flexibility index (Phi) is 2.83. The molecule has 3 nitrogen and oxygen atoms in total. The first-order valence-corrected chi connectivity index (χ1v) is 5.09. The summed E-state index contributed by atoms with van der Waals surface area (Å²) in [7, 11) is 0. The topological polar surface area (TPSA) is 48.9 Å². The van der Waals surface area contributed by atoms with Crippen LogP contribution in [0.15, 0.2) is 35.1 Å². The van der Waals surface area contributed by atoms with E-state index in [2.05, 4.69) is 26.1 Å². The number of aromatic amines is 1. The second-order valence-electron chi connectivity index (χ2n) is 3.10. The van der Waals surface area contributed by atoms with Gasteiger partial charge in [-0.05, 0) is 18.2 Å². The number of hydrogen-bond donors (Lipinski definition) is 2. The summed E-state index contributed by atoms with van der Waals surface area (Å²) in [6, 6.07) is 4.44. The lowest BCUT2D eigenvalue weighted by molar-refractivity contribution is 0.215. The van der Waals surface area contributed by atoms with Gasteiger partial charge in [-0.2, -0.15) is 5.10 Å². The molecule has 2 aromatic rings. The van der Waals surface area contributed by atoms with Crippen LogP contribution in [-0.4, -0.2) is 15.3 Å². The minimum atomic E-state index is -0.999. The maximum absolute atomic E-state index is 13.4. The third kappa shape index (κ3) is 2.08. The minimum absolute atomic E-state index is 0.228. The highest BCUT2D eigenvalue weighted by atomic mass is 79.9. The SMILES string of the molecule is OC(c1cn[nH]c1)c1cc(Br)ccc1F. The molecule has 0 saturated heterocycles. The van der Waals surface area contributed by atoms with Crippen LogP contribution in [0.25, 0.3) is 0 Å². The Morgan fingerprint density at radius 3 is 2.93 bits per heavy atom. The zero-order valence-corrected chi connectivity index (χ0v) is 9.20. The van der Waals surface area contributed by atoms with Gasteiger partial charge < -0.3 is 5.11 Å². The van der Waals surface area contributed by atoms with Crippen molar-refractivity contribution in [2.45, 2.75) is 6.10 Å². The molecule has 1 unspecified atom stereocenters. The molecule has 1 heterocycles. The Morgan fingerprint density at radius 2 is 2.27 bits per heavy atom. The highest BCUT2D eigenvalue weighted by Crippen LogP contribution is 2.26. The molecule has 78 valence electrons. The van der Waals surface area contributed by atoms with Gasteiger partial charge in [-0.25, -0.2) is 4.39 Å². The number of benzene rings is 1. The Morgan fingerprint density at radius 1 is 1.47 bits per heavy atom. The van der Waals surface area contributed by atoms with Crippen LogP contribution < -0.4 is 0 Å². The Bertz CT molecular complexity index is 458. The average molecular weight is 271 g/mol. The maximum Gasteiger partial charge on any atom is 0.129 e. The van der Waals surface area contributed by atoms with Crippen molar-refractivity contribution in [3.63, 3.8) is 0 Å². The molecule has 1 aromatic heterocycles. The molecule has 15 heavy (non-hydrogen) atoms. The van der Waals surface area contributed by atoms with Crippen molar-refractivity contribution in [1.82, 2.24) is 10.2 Å². The predicted molar refractivity (Wildman–Crippen MR) is 56.7 cm³/mol. The first kappa shape index (κ1) is 10.3. The Labute approximate surface area is 94.1 Å². The third-order valence-corrected chi connectivity index (χ3v) is 2.58. The fourth-order valence-electron chi connectivity index (χ4n) is 1.31. The maximum atomic E-state index is 13.4. The molecule has 0 bridgehead atoms. The van der Waals surface area contributed by atoms with Gasteiger partial charge in [0.1, 0.15) is 11.9 Å². The molecule has 2 N–H and O–H groups in total. The van der Waals surface area contributed by atoms with E-state index >= 15 is 0 Å². The van der Waals surface area contributed by atoms with Gasteiger partial charge in [0.15, 0.2) is 0 Å². The van der Waals surface area contributed by atoms with Gasteiger partial charge in [-0.1, -0.05) is 15.9 Å². The van der Waals surface area contributed by atoms with Crippen LogP contribution in [-0.2, 0) is 0 Å². The standard InChI is InChI=1S/C10H8BrFN2O/c11-7-1-2-9(12)8(3-7)10(15)6-4-13-14-5-6/h1-5,10,15H,(H,13,14). The molecule has 1 atom stereocenters. The molecule has 1 aromatic carbocycles. The number of nitrogens with one attached hydrogen (secondary N) is 1. The van der Waals surface area contributed by atoms with Crippen molar-refractivity contribution in [2.24, 2.45) is 0 Å². The van der Waals surface area contributed by atoms with Crippen LogP contribution in [0.3, 0.4) is 0 Å². The lowest BCUT2D eigenvalue weighted by Gasteiger charge is -2.10. The molecule has 5 heteroatoms. The number of nitrogens with zero attached hydrogens (tertiary/aromatic N) is 1. The van der Waals surface area contributed by atoms with Crippen LogP contribution in [0.5, 0.6) is 0 Å². The Hall–Kier alpha value is -1.20. The van der Waals surface area contributed by atoms with Gasteiger partial charge in [0.25, 0.3) is 0 Å². The van der Waals surface area contributed by atoms with Crippen LogP contribution in [0.4, 0.5) is 4.39 Å². The zero-order chi connectivity index (χ0) is 10.8. The van der Waals surface area contributed by atoms with Gasteiger partial charge in [0.05, 0.1) is 6.20 Å². The molecule has 0 saturated carbocycles. The summed E-state index contributed by atoms with van der Waals surface area (Å²) in [5.74, 6) is -0.438. The molecular formula is C10H8BrFN2O. The molecule has 0 aliphatic carbocycles. The van der Waals surface area contributed by atoms with Gasteiger partial charge >= 0.3 is 0 Å². The summed E-state index contributed by atoms with van der Waals surface area (Å²) in [6.07, 6.45) is 2.00. The first-order chi connectivity index (χ1) is 7.18. The monoisotopic (exact) mass is 270 g/mol. The summed E-state index contributed by atoms with van der Waals surface area (Å²) in [5.41, 5.74) is 0.762. The smallest absolute Gasteiger partial charge is 0.129 e. The zero-order valence-electron chi connectivity index (χ0n) is 7.61. The quantitative estimate of drug-likeness (QED) is 0.881. The van der Waals surface area contributed by atoms with Crippen LogP contribution in [0.1, 0.15) is 17.2 Å². The number of H-pyrrole nitrogens is 1. The molecular weight excluding hydrogens is 263 g/mol. The molecule has 0 aliphatic heterocycles. The molecule has 0 fully saturated rings. The lowest BCUT2D eigenvalue weighted by Crippen LogP contribution is -2.01. The van der Waals surface area contributed by atoms with E-state index in [0.717, 1.165) is 4.47 Å². The van der Waals surface area contributed by atoms with Crippen molar-refractivity contribution in [3.05, 3.63) is 52.0 Å². The summed E-state index contributed by atoms with van der Waals surface area (Å²) in [4.78, 5) is 0. The summed E-state index contributed by atoms with van der Waals surface area (Å²) >= 11 is 3.23. The van der Waals surface area contributed by atoms with Crippen LogP contribution in [0, 0.1) is 5.82 Å². The number of aliphatic hydroxyl groups is 1. The summed E-state index contributed by atoms with van der Waals surface area (Å²) in [6.45, 7) is 0. The number of hydrogen-bond acceptors (Lipinski definition) is 2. The number of aliphatic hydroxyl groups excluding tert-OH is 1. The van der Waals surface area contributed by atoms with E-state index in [1.165, 1.54) is 18.5 Å². The van der Waals surface area contributed by atoms with E-state index in [0.29, 0.717) is 5.56 Å². The van der Waals surface area contributed by atoms with Crippen molar-refractivity contribution in [3.8, 4) is 0 Å². The predicted octanol–water partition coefficient (Wildman–Crippen LogP) is 2.39. The van der Waals surface area contributed by atoms with Crippen molar-refractivity contribution >= 4 is 15.9 Å². The highest BCUT2D eigenvalue weighted by molar-refractivity contribution is 9.10. The third-order valence-electron chi connectivity index (χ3n) is 2.09. The first-order valence-electron chi connectivity index (χ1n) is 4.30. The molecule has 0 amide bonds. The van der Waals surface area contributed by atoms with Gasteiger partial charge in [0, 0.05) is 21.8 Å². The second-order valence-corrected chi connectivity index (χ2v) is 4.02. The van der Waals surface area contributed by atoms with Crippen molar-refractivity contribution in [2.75, 3.05) is 0 Å². The van der Waals surface area contributed by atoms with Gasteiger partial charge in [0.2, 0.25) is 0 Å². The molecule has 0 radical (unpaired) electrons. The number of rotatable bonds is 2. The molecule has 0 aliphatic rings. The van der Waals surface area contributed by atoms with Crippen LogP contribution in [0.2, 0.25) is 0 Å². The van der Waals surface area contributed by atoms with E-state index in [1.807, 2.05) is 0 Å². The summed E-state index contributed by atoms with van der Waals surface area (Å²) in [5, 5.41) is 16.1. The normalized spacial score (nSPS) is 12.7. The molecule has 0 spiro atoms. The van der Waals surface area contributed by atoms with E-state index in [1.54, 1.807) is 12.1 Å². The second kappa shape index (κ2) is 4.12. The van der Waals surface area contributed by atoms with E-state index in [-0.39, 0.29) is 5.56 Å².